The summed E-state index contributed by atoms with van der Waals surface area (Å²) in [6, 6.07) is 3.61. The van der Waals surface area contributed by atoms with E-state index >= 15 is 0 Å². The van der Waals surface area contributed by atoms with Gasteiger partial charge in [-0.1, -0.05) is 6.07 Å². The van der Waals surface area contributed by atoms with Gasteiger partial charge >= 0.3 is 0 Å². The second-order valence-electron chi connectivity index (χ2n) is 4.48. The molecule has 0 aliphatic rings. The summed E-state index contributed by atoms with van der Waals surface area (Å²) in [5, 5.41) is 3.52. The molecular weight excluding hydrogens is 264 g/mol. The molecule has 0 amide bonds. The zero-order valence-electron chi connectivity index (χ0n) is 11.0. The molecule has 102 valence electrons. The molecule has 0 spiro atoms. The van der Waals surface area contributed by atoms with Crippen LogP contribution in [0.1, 0.15) is 17.9 Å². The van der Waals surface area contributed by atoms with Crippen LogP contribution in [-0.2, 0) is 16.9 Å². The van der Waals surface area contributed by atoms with Crippen LogP contribution in [0.5, 0.6) is 0 Å². The van der Waals surface area contributed by atoms with Gasteiger partial charge in [-0.3, -0.25) is 9.67 Å². The molecule has 0 saturated carbocycles. The lowest BCUT2D eigenvalue weighted by molar-refractivity contribution is 0.589. The molecule has 2 N–H and O–H groups in total. The monoisotopic (exact) mass is 280 g/mol. The van der Waals surface area contributed by atoms with E-state index in [9.17, 15) is 8.42 Å². The molecule has 0 aromatic carbocycles. The molecule has 7 heteroatoms. The minimum absolute atomic E-state index is 0.429. The third kappa shape index (κ3) is 2.46. The Balaban J connectivity index is 2.68. The van der Waals surface area contributed by atoms with E-state index in [1.54, 1.807) is 32.4 Å². The van der Waals surface area contributed by atoms with Gasteiger partial charge in [0.1, 0.15) is 11.1 Å². The fourth-order valence-electron chi connectivity index (χ4n) is 1.85. The summed E-state index contributed by atoms with van der Waals surface area (Å²) in [6.07, 6.45) is 4.48. The summed E-state index contributed by atoms with van der Waals surface area (Å²) in [5.41, 5.74) is 7.84. The first-order valence-electron chi connectivity index (χ1n) is 5.74. The number of pyridine rings is 1. The van der Waals surface area contributed by atoms with Crippen LogP contribution < -0.4 is 5.73 Å². The van der Waals surface area contributed by atoms with Crippen molar-refractivity contribution in [3.05, 3.63) is 30.2 Å². The van der Waals surface area contributed by atoms with Crippen LogP contribution >= 0.6 is 0 Å². The van der Waals surface area contributed by atoms with Crippen LogP contribution in [0.25, 0.3) is 11.1 Å². The highest BCUT2D eigenvalue weighted by Crippen LogP contribution is 2.34. The van der Waals surface area contributed by atoms with Gasteiger partial charge < -0.3 is 5.73 Å². The van der Waals surface area contributed by atoms with Gasteiger partial charge in [0.05, 0.1) is 5.69 Å². The van der Waals surface area contributed by atoms with Crippen molar-refractivity contribution < 1.29 is 8.42 Å². The van der Waals surface area contributed by atoms with Crippen molar-refractivity contribution in [2.75, 3.05) is 12.0 Å². The molecule has 0 fully saturated rings. The fourth-order valence-corrected chi connectivity index (χ4v) is 2.42. The van der Waals surface area contributed by atoms with Gasteiger partial charge in [-0.15, -0.1) is 0 Å². The van der Waals surface area contributed by atoms with Gasteiger partial charge in [-0.25, -0.2) is 8.42 Å². The van der Waals surface area contributed by atoms with Crippen molar-refractivity contribution in [2.24, 2.45) is 7.05 Å². The van der Waals surface area contributed by atoms with Crippen LogP contribution in [-0.4, -0.2) is 29.4 Å². The molecule has 1 unspecified atom stereocenters. The lowest BCUT2D eigenvalue weighted by Gasteiger charge is -2.09. The number of sulfone groups is 1. The van der Waals surface area contributed by atoms with Crippen LogP contribution in [0, 0.1) is 0 Å². The zero-order chi connectivity index (χ0) is 14.2. The number of nitrogens with zero attached hydrogens (tertiary/aromatic N) is 3. The summed E-state index contributed by atoms with van der Waals surface area (Å²) >= 11 is 0. The lowest BCUT2D eigenvalue weighted by atomic mass is 10.1. The number of nitrogens with two attached hydrogens (primary N) is 1. The molecule has 6 nitrogen and oxygen atoms in total. The molecule has 2 aromatic rings. The Hall–Kier alpha value is -1.89. The van der Waals surface area contributed by atoms with Crippen LogP contribution in [0.15, 0.2) is 24.5 Å². The highest BCUT2D eigenvalue weighted by molar-refractivity contribution is 7.90. The van der Waals surface area contributed by atoms with Crippen molar-refractivity contribution in [2.45, 2.75) is 12.2 Å². The highest BCUT2D eigenvalue weighted by atomic mass is 32.2. The largest absolute Gasteiger partial charge is 0.383 e. The zero-order valence-corrected chi connectivity index (χ0v) is 11.8. The van der Waals surface area contributed by atoms with Crippen molar-refractivity contribution >= 4 is 15.7 Å². The molecule has 0 aliphatic heterocycles. The average molecular weight is 280 g/mol. The molecule has 2 heterocycles. The van der Waals surface area contributed by atoms with E-state index in [0.717, 1.165) is 5.56 Å². The second kappa shape index (κ2) is 4.65. The van der Waals surface area contributed by atoms with Gasteiger partial charge in [-0.2, -0.15) is 5.10 Å². The summed E-state index contributed by atoms with van der Waals surface area (Å²) < 4.78 is 24.9. The van der Waals surface area contributed by atoms with E-state index in [1.807, 2.05) is 6.07 Å². The van der Waals surface area contributed by atoms with Crippen LogP contribution in [0.2, 0.25) is 0 Å². The van der Waals surface area contributed by atoms with Crippen LogP contribution in [0.4, 0.5) is 5.82 Å². The fraction of sp³-hybridized carbons (Fsp3) is 0.333. The highest BCUT2D eigenvalue weighted by Gasteiger charge is 2.26. The number of anilines is 1. The molecule has 0 bridgehead atoms. The number of aromatic nitrogens is 3. The van der Waals surface area contributed by atoms with Crippen molar-refractivity contribution in [3.8, 4) is 11.1 Å². The predicted octanol–water partition coefficient (Wildman–Crippen LogP) is 1.17. The molecular formula is C12H16N4O2S. The molecule has 1 atom stereocenters. The quantitative estimate of drug-likeness (QED) is 0.911. The summed E-state index contributed by atoms with van der Waals surface area (Å²) in [7, 11) is -1.55. The molecule has 0 saturated heterocycles. The first-order chi connectivity index (χ1) is 8.82. The van der Waals surface area contributed by atoms with Crippen molar-refractivity contribution in [1.82, 2.24) is 14.8 Å². The van der Waals surface area contributed by atoms with Gasteiger partial charge in [0.15, 0.2) is 9.84 Å². The number of hydrogen-bond donors (Lipinski definition) is 1. The molecule has 2 aromatic heterocycles. The topological polar surface area (TPSA) is 90.9 Å². The normalized spacial score (nSPS) is 13.4. The molecule has 0 aliphatic carbocycles. The number of hydrogen-bond acceptors (Lipinski definition) is 5. The Morgan fingerprint density at radius 2 is 2.11 bits per heavy atom. The first kappa shape index (κ1) is 13.5. The maximum Gasteiger partial charge on any atom is 0.155 e. The van der Waals surface area contributed by atoms with E-state index in [2.05, 4.69) is 10.1 Å². The minimum Gasteiger partial charge on any atom is -0.383 e. The maximum absolute atomic E-state index is 11.7. The average Bonchev–Trinajstić information content (AvgIpc) is 2.65. The van der Waals surface area contributed by atoms with Crippen molar-refractivity contribution in [3.63, 3.8) is 0 Å². The third-order valence-corrected chi connectivity index (χ3v) is 4.60. The molecule has 19 heavy (non-hydrogen) atoms. The van der Waals surface area contributed by atoms with E-state index in [4.69, 9.17) is 5.73 Å². The number of rotatable bonds is 3. The number of nitrogen functional groups attached to an aromatic ring is 1. The van der Waals surface area contributed by atoms with Gasteiger partial charge in [0.2, 0.25) is 0 Å². The molecule has 2 rings (SSSR count). The second-order valence-corrected chi connectivity index (χ2v) is 6.85. The van der Waals surface area contributed by atoms with Crippen molar-refractivity contribution in [1.29, 1.82) is 0 Å². The standard InChI is InChI=1S/C12H16N4O2S/c1-8(19(3,17)18)11-10(12(13)16(2)15-11)9-5-4-6-14-7-9/h4-8H,13H2,1-3H3. The van der Waals surface area contributed by atoms with Gasteiger partial charge in [-0.05, 0) is 13.0 Å². The van der Waals surface area contributed by atoms with Gasteiger partial charge in [0.25, 0.3) is 0 Å². The SMILES string of the molecule is CC(c1nn(C)c(N)c1-c1cccnc1)S(C)(=O)=O. The van der Waals surface area contributed by atoms with E-state index in [-0.39, 0.29) is 0 Å². The summed E-state index contributed by atoms with van der Waals surface area (Å²) in [6.45, 7) is 1.61. The number of aryl methyl sites for hydroxylation is 1. The minimum atomic E-state index is -3.24. The van der Waals surface area contributed by atoms with E-state index in [1.165, 1.54) is 10.9 Å². The predicted molar refractivity (Wildman–Crippen MR) is 74.1 cm³/mol. The third-order valence-electron chi connectivity index (χ3n) is 3.10. The Labute approximate surface area is 112 Å². The maximum atomic E-state index is 11.7. The Morgan fingerprint density at radius 1 is 1.42 bits per heavy atom. The Morgan fingerprint density at radius 3 is 2.63 bits per heavy atom. The van der Waals surface area contributed by atoms with Gasteiger partial charge in [0, 0.05) is 36.8 Å². The first-order valence-corrected chi connectivity index (χ1v) is 7.69. The summed E-state index contributed by atoms with van der Waals surface area (Å²) in [5.74, 6) is 0.429. The molecule has 0 radical (unpaired) electrons. The Kier molecular flexibility index (Phi) is 3.32. The van der Waals surface area contributed by atoms with E-state index < -0.39 is 15.1 Å². The Bertz CT molecular complexity index is 692. The lowest BCUT2D eigenvalue weighted by Crippen LogP contribution is -2.09. The smallest absolute Gasteiger partial charge is 0.155 e. The van der Waals surface area contributed by atoms with E-state index in [0.29, 0.717) is 17.1 Å². The van der Waals surface area contributed by atoms with Crippen LogP contribution in [0.3, 0.4) is 0 Å². The summed E-state index contributed by atoms with van der Waals surface area (Å²) in [4.78, 5) is 4.03.